The van der Waals surface area contributed by atoms with Crippen molar-refractivity contribution in [2.24, 2.45) is 18.4 Å². The molecule has 6 heteroatoms. The molecule has 0 spiro atoms. The lowest BCUT2D eigenvalue weighted by Crippen LogP contribution is -2.58. The van der Waals surface area contributed by atoms with E-state index in [1.807, 2.05) is 6.08 Å². The molecule has 208 valence electrons. The summed E-state index contributed by atoms with van der Waals surface area (Å²) in [6.45, 7) is 9.69. The summed E-state index contributed by atoms with van der Waals surface area (Å²) in [5.41, 5.74) is 4.78. The van der Waals surface area contributed by atoms with Gasteiger partial charge in [0, 0.05) is 31.1 Å². The van der Waals surface area contributed by atoms with Crippen molar-refractivity contribution in [1.82, 2.24) is 9.47 Å². The third-order valence-corrected chi connectivity index (χ3v) is 9.77. The Balaban J connectivity index is 1.31. The number of ether oxygens (including phenoxy) is 2. The van der Waals surface area contributed by atoms with E-state index in [9.17, 15) is 10.2 Å². The van der Waals surface area contributed by atoms with Gasteiger partial charge < -0.3 is 24.3 Å². The third kappa shape index (κ3) is 4.52. The van der Waals surface area contributed by atoms with Crippen molar-refractivity contribution in [3.63, 3.8) is 0 Å². The molecule has 0 amide bonds. The maximum atomic E-state index is 11.0. The highest BCUT2D eigenvalue weighted by molar-refractivity contribution is 5.92. The molecule has 1 aromatic heterocycles. The monoisotopic (exact) mass is 530 g/mol. The Labute approximate surface area is 231 Å². The van der Waals surface area contributed by atoms with E-state index < -0.39 is 0 Å². The Morgan fingerprint density at radius 1 is 1.08 bits per heavy atom. The number of rotatable bonds is 5. The highest BCUT2D eigenvalue weighted by atomic mass is 16.5. The van der Waals surface area contributed by atoms with E-state index in [4.69, 9.17) is 9.47 Å². The summed E-state index contributed by atoms with van der Waals surface area (Å²) in [6, 6.07) is 8.22. The van der Waals surface area contributed by atoms with Gasteiger partial charge in [-0.05, 0) is 104 Å². The van der Waals surface area contributed by atoms with Crippen LogP contribution in [0.5, 0.6) is 17.2 Å². The van der Waals surface area contributed by atoms with Gasteiger partial charge in [-0.2, -0.15) is 0 Å². The third-order valence-electron chi connectivity index (χ3n) is 9.77. The first kappa shape index (κ1) is 26.3. The lowest BCUT2D eigenvalue weighted by molar-refractivity contribution is -0.138. The number of aliphatic hydroxyl groups is 1. The number of hydrogen-bond donors (Lipinski definition) is 2. The van der Waals surface area contributed by atoms with Crippen molar-refractivity contribution in [1.29, 1.82) is 0 Å². The Hall–Kier alpha value is -2.96. The second kappa shape index (κ2) is 9.60. The lowest BCUT2D eigenvalue weighted by atomic mass is 9.57. The van der Waals surface area contributed by atoms with Crippen molar-refractivity contribution in [2.75, 3.05) is 20.2 Å². The number of aromatic hydroxyl groups is 1. The molecule has 6 rings (SSSR count). The van der Waals surface area contributed by atoms with Gasteiger partial charge >= 0.3 is 0 Å². The minimum Gasteiger partial charge on any atom is -0.504 e. The van der Waals surface area contributed by atoms with E-state index in [-0.39, 0.29) is 28.8 Å². The van der Waals surface area contributed by atoms with Gasteiger partial charge in [0.2, 0.25) is 0 Å². The van der Waals surface area contributed by atoms with Gasteiger partial charge in [0.15, 0.2) is 11.5 Å². The molecule has 6 nitrogen and oxygen atoms in total. The molecule has 1 saturated carbocycles. The number of methoxy groups -OCH3 is 1. The van der Waals surface area contributed by atoms with Gasteiger partial charge in [-0.3, -0.25) is 4.90 Å². The number of aliphatic hydroxyl groups excluding tert-OH is 1. The topological polar surface area (TPSA) is 67.1 Å². The van der Waals surface area contributed by atoms with E-state index in [0.29, 0.717) is 12.2 Å². The maximum Gasteiger partial charge on any atom is 0.164 e. The van der Waals surface area contributed by atoms with Gasteiger partial charge in [0.05, 0.1) is 18.7 Å². The molecule has 39 heavy (non-hydrogen) atoms. The standard InChI is InChI=1S/C33H42N2O4/c1-32(2)28-18-23-14-21(16-26(36)31(23)39-33(28,3)11-10-29(32)37)8-9-22-15-25-30(27(17-22)38-5)24(19-34(25)4)20-35-12-6-7-13-35/h8-9,14-17,19,28-29,36-37H,6-7,10-13,18,20H2,1-5H3/t28-,29-,33-/m1/s1. The average Bonchev–Trinajstić information content (AvgIpc) is 3.53. The Morgan fingerprint density at radius 2 is 1.79 bits per heavy atom. The molecule has 2 fully saturated rings. The maximum absolute atomic E-state index is 11.0. The average molecular weight is 531 g/mol. The first-order valence-corrected chi connectivity index (χ1v) is 14.4. The number of benzene rings is 2. The highest BCUT2D eigenvalue weighted by Crippen LogP contribution is 2.54. The number of phenolic OH excluding ortho intramolecular Hbond substituents is 1. The minimum absolute atomic E-state index is 0.165. The molecule has 3 aliphatic rings. The first-order valence-electron chi connectivity index (χ1n) is 14.4. The summed E-state index contributed by atoms with van der Waals surface area (Å²) in [7, 11) is 3.84. The summed E-state index contributed by atoms with van der Waals surface area (Å²) in [5, 5.41) is 22.9. The fourth-order valence-corrected chi connectivity index (χ4v) is 7.45. The van der Waals surface area contributed by atoms with Crippen LogP contribution in [0.1, 0.15) is 68.7 Å². The van der Waals surface area contributed by atoms with E-state index >= 15 is 0 Å². The van der Waals surface area contributed by atoms with E-state index in [2.05, 4.69) is 67.8 Å². The van der Waals surface area contributed by atoms with Crippen LogP contribution in [0, 0.1) is 11.3 Å². The van der Waals surface area contributed by atoms with Gasteiger partial charge in [0.1, 0.15) is 11.4 Å². The molecule has 2 aromatic carbocycles. The SMILES string of the molecule is COc1cc(C=Cc2cc(O)c3c(c2)C[C@@H]2C(C)(C)[C@H](O)CC[C@@]2(C)O3)cc2c1c(CN1CCCC1)cn2C. The number of likely N-dealkylation sites (tertiary alicyclic amines) is 1. The van der Waals surface area contributed by atoms with Crippen LogP contribution in [0.3, 0.4) is 0 Å². The molecule has 0 radical (unpaired) electrons. The molecule has 0 unspecified atom stereocenters. The van der Waals surface area contributed by atoms with Crippen molar-refractivity contribution in [2.45, 2.75) is 71.1 Å². The number of phenols is 1. The fourth-order valence-electron chi connectivity index (χ4n) is 7.45. The number of fused-ring (bicyclic) bond motifs is 3. The van der Waals surface area contributed by atoms with Crippen LogP contribution in [-0.4, -0.2) is 51.6 Å². The van der Waals surface area contributed by atoms with Crippen LogP contribution in [0.15, 0.2) is 30.5 Å². The predicted octanol–water partition coefficient (Wildman–Crippen LogP) is 6.15. The Bertz CT molecular complexity index is 1430. The molecule has 2 N–H and O–H groups in total. The molecule has 2 aliphatic heterocycles. The van der Waals surface area contributed by atoms with Crippen molar-refractivity contribution < 1.29 is 19.7 Å². The molecular weight excluding hydrogens is 488 g/mol. The number of aromatic nitrogens is 1. The van der Waals surface area contributed by atoms with E-state index in [0.717, 1.165) is 60.4 Å². The van der Waals surface area contributed by atoms with Gasteiger partial charge in [-0.1, -0.05) is 26.0 Å². The quantitative estimate of drug-likeness (QED) is 0.388. The van der Waals surface area contributed by atoms with Crippen LogP contribution in [0.25, 0.3) is 23.1 Å². The molecule has 1 saturated heterocycles. The zero-order valence-corrected chi connectivity index (χ0v) is 24.0. The number of aryl methyl sites for hydroxylation is 1. The van der Waals surface area contributed by atoms with Crippen molar-refractivity contribution >= 4 is 23.1 Å². The summed E-state index contributed by atoms with van der Waals surface area (Å²) in [5.74, 6) is 1.83. The largest absolute Gasteiger partial charge is 0.504 e. The van der Waals surface area contributed by atoms with Crippen molar-refractivity contribution in [3.05, 3.63) is 52.7 Å². The molecular formula is C33H42N2O4. The van der Waals surface area contributed by atoms with Gasteiger partial charge in [0.25, 0.3) is 0 Å². The smallest absolute Gasteiger partial charge is 0.164 e. The molecule has 3 aromatic rings. The highest BCUT2D eigenvalue weighted by Gasteiger charge is 2.54. The molecule has 3 atom stereocenters. The van der Waals surface area contributed by atoms with Gasteiger partial charge in [-0.15, -0.1) is 0 Å². The van der Waals surface area contributed by atoms with Crippen LogP contribution in [0.4, 0.5) is 0 Å². The van der Waals surface area contributed by atoms with Gasteiger partial charge in [-0.25, -0.2) is 0 Å². The zero-order chi connectivity index (χ0) is 27.5. The molecule has 3 heterocycles. The fraction of sp³-hybridized carbons (Fsp3) is 0.515. The summed E-state index contributed by atoms with van der Waals surface area (Å²) in [4.78, 5) is 2.52. The molecule has 0 bridgehead atoms. The van der Waals surface area contributed by atoms with Crippen LogP contribution in [0.2, 0.25) is 0 Å². The Morgan fingerprint density at radius 3 is 2.51 bits per heavy atom. The normalized spacial score (nSPS) is 26.5. The van der Waals surface area contributed by atoms with Crippen molar-refractivity contribution in [3.8, 4) is 17.2 Å². The summed E-state index contributed by atoms with van der Waals surface area (Å²) < 4.78 is 14.6. The minimum atomic E-state index is -0.390. The summed E-state index contributed by atoms with van der Waals surface area (Å²) >= 11 is 0. The second-order valence-corrected chi connectivity index (χ2v) is 12.8. The Kier molecular flexibility index (Phi) is 6.47. The predicted molar refractivity (Wildman–Crippen MR) is 156 cm³/mol. The number of hydrogen-bond acceptors (Lipinski definition) is 5. The summed E-state index contributed by atoms with van der Waals surface area (Å²) in [6.07, 6.45) is 10.8. The van der Waals surface area contributed by atoms with E-state index in [1.54, 1.807) is 13.2 Å². The van der Waals surface area contributed by atoms with E-state index in [1.165, 1.54) is 23.8 Å². The lowest BCUT2D eigenvalue weighted by Gasteiger charge is -2.55. The molecule has 1 aliphatic carbocycles. The number of nitrogens with zero attached hydrogens (tertiary/aromatic N) is 2. The van der Waals surface area contributed by atoms with Crippen LogP contribution >= 0.6 is 0 Å². The second-order valence-electron chi connectivity index (χ2n) is 12.8. The first-order chi connectivity index (χ1) is 18.6. The van der Waals surface area contributed by atoms with Crippen LogP contribution < -0.4 is 9.47 Å². The zero-order valence-electron chi connectivity index (χ0n) is 24.0. The van der Waals surface area contributed by atoms with Crippen LogP contribution in [-0.2, 0) is 20.0 Å².